The summed E-state index contributed by atoms with van der Waals surface area (Å²) in [6.07, 6.45) is 5.49. The lowest BCUT2D eigenvalue weighted by atomic mass is 9.78. The van der Waals surface area contributed by atoms with Gasteiger partial charge in [-0.1, -0.05) is 13.0 Å². The first-order valence-electron chi connectivity index (χ1n) is 7.73. The molecule has 2 N–H and O–H groups in total. The zero-order chi connectivity index (χ0) is 14.6. The van der Waals surface area contributed by atoms with Crippen molar-refractivity contribution < 1.29 is 9.50 Å². The van der Waals surface area contributed by atoms with Gasteiger partial charge in [0.15, 0.2) is 0 Å². The van der Waals surface area contributed by atoms with E-state index < -0.39 is 5.60 Å². The molecular formula is C17H26FNO. The predicted octanol–water partition coefficient (Wildman–Crippen LogP) is 3.35. The summed E-state index contributed by atoms with van der Waals surface area (Å²) in [6.45, 7) is 5.14. The maximum atomic E-state index is 13.1. The maximum Gasteiger partial charge on any atom is 0.123 e. The largest absolute Gasteiger partial charge is 0.390 e. The van der Waals surface area contributed by atoms with Crippen LogP contribution in [0.4, 0.5) is 4.39 Å². The molecular weight excluding hydrogens is 253 g/mol. The van der Waals surface area contributed by atoms with Crippen molar-refractivity contribution >= 4 is 0 Å². The topological polar surface area (TPSA) is 32.3 Å². The van der Waals surface area contributed by atoms with Gasteiger partial charge in [0.25, 0.3) is 0 Å². The van der Waals surface area contributed by atoms with Gasteiger partial charge in [0.05, 0.1) is 5.60 Å². The highest BCUT2D eigenvalue weighted by Gasteiger charge is 2.33. The summed E-state index contributed by atoms with van der Waals surface area (Å²) in [5.41, 5.74) is 1.38. The van der Waals surface area contributed by atoms with Crippen molar-refractivity contribution in [2.45, 2.75) is 64.0 Å². The highest BCUT2D eigenvalue weighted by atomic mass is 19.1. The first-order chi connectivity index (χ1) is 9.52. The smallest absolute Gasteiger partial charge is 0.123 e. The van der Waals surface area contributed by atoms with E-state index in [1.165, 1.54) is 6.07 Å². The Bertz CT molecular complexity index is 439. The van der Waals surface area contributed by atoms with Gasteiger partial charge in [0.1, 0.15) is 5.82 Å². The van der Waals surface area contributed by atoms with Crippen molar-refractivity contribution in [1.29, 1.82) is 0 Å². The molecule has 0 amide bonds. The standard InChI is InChI=1S/C17H26FNO/c1-3-10-19-16-6-8-17(20,9-7-16)12-14-4-5-15(18)11-13(14)2/h4-5,11,16,19-20H,3,6-10,12H2,1-2H3. The van der Waals surface area contributed by atoms with E-state index in [-0.39, 0.29) is 5.82 Å². The summed E-state index contributed by atoms with van der Waals surface area (Å²) < 4.78 is 13.1. The van der Waals surface area contributed by atoms with Gasteiger partial charge in [-0.3, -0.25) is 0 Å². The zero-order valence-electron chi connectivity index (χ0n) is 12.6. The van der Waals surface area contributed by atoms with Gasteiger partial charge >= 0.3 is 0 Å². The van der Waals surface area contributed by atoms with Crippen LogP contribution >= 0.6 is 0 Å². The van der Waals surface area contributed by atoms with E-state index in [1.54, 1.807) is 6.07 Å². The maximum absolute atomic E-state index is 13.1. The number of benzene rings is 1. The Balaban J connectivity index is 1.93. The highest BCUT2D eigenvalue weighted by molar-refractivity contribution is 5.28. The first kappa shape index (κ1) is 15.5. The third kappa shape index (κ3) is 4.03. The van der Waals surface area contributed by atoms with Gasteiger partial charge in [-0.05, 0) is 68.8 Å². The van der Waals surface area contributed by atoms with Crippen LogP contribution in [-0.4, -0.2) is 23.3 Å². The lowest BCUT2D eigenvalue weighted by molar-refractivity contribution is -0.00320. The minimum atomic E-state index is -0.618. The average Bonchev–Trinajstić information content (AvgIpc) is 2.42. The minimum Gasteiger partial charge on any atom is -0.390 e. The molecule has 3 heteroatoms. The molecule has 1 aliphatic rings. The van der Waals surface area contributed by atoms with Crippen LogP contribution in [-0.2, 0) is 6.42 Å². The number of rotatable bonds is 5. The van der Waals surface area contributed by atoms with Crippen molar-refractivity contribution in [3.63, 3.8) is 0 Å². The molecule has 0 aliphatic heterocycles. The molecule has 20 heavy (non-hydrogen) atoms. The van der Waals surface area contributed by atoms with Gasteiger partial charge in [-0.15, -0.1) is 0 Å². The summed E-state index contributed by atoms with van der Waals surface area (Å²) in [5.74, 6) is -0.203. The van der Waals surface area contributed by atoms with Crippen LogP contribution < -0.4 is 5.32 Å². The third-order valence-corrected chi connectivity index (χ3v) is 4.42. The monoisotopic (exact) mass is 279 g/mol. The van der Waals surface area contributed by atoms with Gasteiger partial charge in [0, 0.05) is 12.5 Å². The molecule has 112 valence electrons. The van der Waals surface area contributed by atoms with Crippen molar-refractivity contribution in [2.24, 2.45) is 0 Å². The van der Waals surface area contributed by atoms with Gasteiger partial charge in [-0.2, -0.15) is 0 Å². The van der Waals surface area contributed by atoms with E-state index in [9.17, 15) is 9.50 Å². The Hall–Kier alpha value is -0.930. The Labute approximate surface area is 121 Å². The summed E-state index contributed by atoms with van der Waals surface area (Å²) >= 11 is 0. The number of hydrogen-bond donors (Lipinski definition) is 2. The quantitative estimate of drug-likeness (QED) is 0.866. The molecule has 0 aromatic heterocycles. The molecule has 1 aromatic carbocycles. The number of hydrogen-bond acceptors (Lipinski definition) is 2. The van der Waals surface area contributed by atoms with E-state index in [4.69, 9.17) is 0 Å². The third-order valence-electron chi connectivity index (χ3n) is 4.42. The summed E-state index contributed by atoms with van der Waals surface area (Å²) in [4.78, 5) is 0. The summed E-state index contributed by atoms with van der Waals surface area (Å²) in [5, 5.41) is 14.3. The second-order valence-corrected chi connectivity index (χ2v) is 6.20. The molecule has 1 saturated carbocycles. The number of aliphatic hydroxyl groups is 1. The Morgan fingerprint density at radius 3 is 2.65 bits per heavy atom. The predicted molar refractivity (Wildman–Crippen MR) is 80.3 cm³/mol. The number of nitrogens with one attached hydrogen (secondary N) is 1. The minimum absolute atomic E-state index is 0.203. The van der Waals surface area contributed by atoms with Crippen molar-refractivity contribution in [2.75, 3.05) is 6.54 Å². The van der Waals surface area contributed by atoms with E-state index in [0.29, 0.717) is 12.5 Å². The molecule has 1 aliphatic carbocycles. The van der Waals surface area contributed by atoms with Crippen LogP contribution in [0.5, 0.6) is 0 Å². The van der Waals surface area contributed by atoms with E-state index in [2.05, 4.69) is 12.2 Å². The number of aryl methyl sites for hydroxylation is 1. The lowest BCUT2D eigenvalue weighted by Crippen LogP contribution is -2.42. The van der Waals surface area contributed by atoms with Crippen LogP contribution in [0.2, 0.25) is 0 Å². The Morgan fingerprint density at radius 1 is 1.35 bits per heavy atom. The fourth-order valence-corrected chi connectivity index (χ4v) is 3.10. The van der Waals surface area contributed by atoms with Crippen LogP contribution in [0.25, 0.3) is 0 Å². The van der Waals surface area contributed by atoms with Crippen LogP contribution in [0.15, 0.2) is 18.2 Å². The molecule has 0 atom stereocenters. The van der Waals surface area contributed by atoms with Crippen molar-refractivity contribution in [1.82, 2.24) is 5.32 Å². The molecule has 2 nitrogen and oxygen atoms in total. The highest BCUT2D eigenvalue weighted by Crippen LogP contribution is 2.32. The van der Waals surface area contributed by atoms with Crippen LogP contribution in [0.3, 0.4) is 0 Å². The SMILES string of the molecule is CCCNC1CCC(O)(Cc2ccc(F)cc2C)CC1. The van der Waals surface area contributed by atoms with Gasteiger partial charge < -0.3 is 10.4 Å². The molecule has 0 saturated heterocycles. The molecule has 0 heterocycles. The Kier molecular flexibility index (Phi) is 5.17. The second kappa shape index (κ2) is 6.68. The Morgan fingerprint density at radius 2 is 2.05 bits per heavy atom. The molecule has 0 spiro atoms. The summed E-state index contributed by atoms with van der Waals surface area (Å²) in [7, 11) is 0. The fraction of sp³-hybridized carbons (Fsp3) is 0.647. The molecule has 0 radical (unpaired) electrons. The molecule has 1 fully saturated rings. The van der Waals surface area contributed by atoms with Gasteiger partial charge in [-0.25, -0.2) is 4.39 Å². The molecule has 2 rings (SSSR count). The summed E-state index contributed by atoms with van der Waals surface area (Å²) in [6, 6.07) is 5.39. The number of halogens is 1. The second-order valence-electron chi connectivity index (χ2n) is 6.20. The normalized spacial score (nSPS) is 26.7. The molecule has 0 bridgehead atoms. The zero-order valence-corrected chi connectivity index (χ0v) is 12.6. The van der Waals surface area contributed by atoms with Crippen molar-refractivity contribution in [3.8, 4) is 0 Å². The first-order valence-corrected chi connectivity index (χ1v) is 7.73. The van der Waals surface area contributed by atoms with Gasteiger partial charge in [0.2, 0.25) is 0 Å². The molecule has 1 aromatic rings. The average molecular weight is 279 g/mol. The van der Waals surface area contributed by atoms with Crippen molar-refractivity contribution in [3.05, 3.63) is 35.1 Å². The van der Waals surface area contributed by atoms with E-state index in [1.807, 2.05) is 13.0 Å². The fourth-order valence-electron chi connectivity index (χ4n) is 3.10. The van der Waals surface area contributed by atoms with Crippen LogP contribution in [0.1, 0.15) is 50.2 Å². The van der Waals surface area contributed by atoms with Crippen LogP contribution in [0, 0.1) is 12.7 Å². The lowest BCUT2D eigenvalue weighted by Gasteiger charge is -2.37. The van der Waals surface area contributed by atoms with E-state index >= 15 is 0 Å². The van der Waals surface area contributed by atoms with E-state index in [0.717, 1.165) is 49.8 Å². The molecule has 0 unspecified atom stereocenters.